The van der Waals surface area contributed by atoms with Crippen LogP contribution in [-0.2, 0) is 17.9 Å². The third kappa shape index (κ3) is 5.84. The van der Waals surface area contributed by atoms with Crippen molar-refractivity contribution in [2.45, 2.75) is 19.5 Å². The molecule has 0 aliphatic rings. The first-order valence-electron chi connectivity index (χ1n) is 9.51. The maximum absolute atomic E-state index is 13.0. The molecule has 0 atom stereocenters. The van der Waals surface area contributed by atoms with Crippen LogP contribution in [0.1, 0.15) is 27.2 Å². The van der Waals surface area contributed by atoms with Crippen LogP contribution in [0.15, 0.2) is 66.0 Å². The topological polar surface area (TPSA) is 81.9 Å². The number of amides is 2. The molecular formula is C23H24N2O4S. The summed E-state index contributed by atoms with van der Waals surface area (Å²) in [6, 6.07) is 18.2. The molecular weight excluding hydrogens is 400 g/mol. The molecule has 6 nitrogen and oxygen atoms in total. The minimum atomic E-state index is -0.489. The molecule has 156 valence electrons. The van der Waals surface area contributed by atoms with Gasteiger partial charge < -0.3 is 20.1 Å². The maximum Gasteiger partial charge on any atom is 0.248 e. The second-order valence-corrected chi connectivity index (χ2v) is 7.66. The lowest BCUT2D eigenvalue weighted by Gasteiger charge is -2.23. The van der Waals surface area contributed by atoms with Crippen molar-refractivity contribution in [3.63, 3.8) is 0 Å². The number of methoxy groups -OCH3 is 1. The lowest BCUT2D eigenvalue weighted by molar-refractivity contribution is -0.133. The Labute approximate surface area is 179 Å². The van der Waals surface area contributed by atoms with Gasteiger partial charge in [0, 0.05) is 22.5 Å². The number of para-hydroxylation sites is 1. The molecule has 1 aromatic heterocycles. The minimum absolute atomic E-state index is 0.0111. The highest BCUT2D eigenvalue weighted by Crippen LogP contribution is 2.22. The first-order valence-corrected chi connectivity index (χ1v) is 10.4. The Hall–Kier alpha value is -3.32. The van der Waals surface area contributed by atoms with Gasteiger partial charge in [0.1, 0.15) is 11.5 Å². The Kier molecular flexibility index (Phi) is 7.45. The van der Waals surface area contributed by atoms with Gasteiger partial charge >= 0.3 is 0 Å². The number of hydrogen-bond acceptors (Lipinski definition) is 5. The van der Waals surface area contributed by atoms with Crippen LogP contribution in [0.5, 0.6) is 11.5 Å². The van der Waals surface area contributed by atoms with Gasteiger partial charge in [0.05, 0.1) is 26.7 Å². The van der Waals surface area contributed by atoms with Crippen molar-refractivity contribution in [3.8, 4) is 11.5 Å². The Balaban J connectivity index is 1.63. The molecule has 2 amide bonds. The molecule has 2 aromatic carbocycles. The van der Waals surface area contributed by atoms with Crippen LogP contribution in [0, 0.1) is 0 Å². The molecule has 7 heteroatoms. The number of carbonyl (C=O) groups is 2. The average Bonchev–Trinajstić information content (AvgIpc) is 3.27. The van der Waals surface area contributed by atoms with Crippen molar-refractivity contribution >= 4 is 23.2 Å². The van der Waals surface area contributed by atoms with Crippen molar-refractivity contribution in [3.05, 3.63) is 82.0 Å². The van der Waals surface area contributed by atoms with Crippen LogP contribution in [0.3, 0.4) is 0 Å². The lowest BCUT2D eigenvalue weighted by Crippen LogP contribution is -2.31. The van der Waals surface area contributed by atoms with Crippen LogP contribution in [0.25, 0.3) is 0 Å². The summed E-state index contributed by atoms with van der Waals surface area (Å²) in [7, 11) is 1.63. The van der Waals surface area contributed by atoms with Crippen molar-refractivity contribution in [2.75, 3.05) is 13.7 Å². The third-order valence-electron chi connectivity index (χ3n) is 4.56. The number of ether oxygens (including phenoxy) is 2. The highest BCUT2D eigenvalue weighted by Gasteiger charge is 2.17. The van der Waals surface area contributed by atoms with Crippen LogP contribution in [0.4, 0.5) is 0 Å². The zero-order chi connectivity index (χ0) is 21.3. The summed E-state index contributed by atoms with van der Waals surface area (Å²) >= 11 is 1.62. The highest BCUT2D eigenvalue weighted by molar-refractivity contribution is 7.09. The van der Waals surface area contributed by atoms with E-state index in [0.29, 0.717) is 24.4 Å². The van der Waals surface area contributed by atoms with Crippen LogP contribution >= 0.6 is 11.3 Å². The first-order chi connectivity index (χ1) is 14.6. The molecule has 1 heterocycles. The SMILES string of the molecule is COc1ccccc1CN(Cc1cccs1)C(=O)CCOc1ccc(C(N)=O)cc1. The fraction of sp³-hybridized carbons (Fsp3) is 0.217. The number of nitrogens with zero attached hydrogens (tertiary/aromatic N) is 1. The van der Waals surface area contributed by atoms with Gasteiger partial charge in [-0.15, -0.1) is 11.3 Å². The van der Waals surface area contributed by atoms with Gasteiger partial charge in [-0.05, 0) is 41.8 Å². The smallest absolute Gasteiger partial charge is 0.248 e. The van der Waals surface area contributed by atoms with Crippen molar-refractivity contribution in [1.82, 2.24) is 4.90 Å². The first kappa shape index (κ1) is 21.4. The second-order valence-electron chi connectivity index (χ2n) is 6.63. The van der Waals surface area contributed by atoms with Crippen molar-refractivity contribution in [1.29, 1.82) is 0 Å². The molecule has 0 aliphatic carbocycles. The Bertz CT molecular complexity index is 971. The van der Waals surface area contributed by atoms with Crippen LogP contribution in [-0.4, -0.2) is 30.4 Å². The predicted octanol–water partition coefficient (Wildman–Crippen LogP) is 3.85. The van der Waals surface area contributed by atoms with Crippen LogP contribution < -0.4 is 15.2 Å². The number of hydrogen-bond donors (Lipinski definition) is 1. The van der Waals surface area contributed by atoms with E-state index in [1.807, 2.05) is 46.7 Å². The van der Waals surface area contributed by atoms with E-state index in [1.165, 1.54) is 0 Å². The molecule has 0 saturated heterocycles. The van der Waals surface area contributed by atoms with E-state index >= 15 is 0 Å². The molecule has 30 heavy (non-hydrogen) atoms. The summed E-state index contributed by atoms with van der Waals surface area (Å²) in [5.41, 5.74) is 6.60. The van der Waals surface area contributed by atoms with E-state index in [0.717, 1.165) is 16.2 Å². The molecule has 0 bridgehead atoms. The molecule has 3 aromatic rings. The number of rotatable bonds is 10. The number of nitrogens with two attached hydrogens (primary N) is 1. The Morgan fingerprint density at radius 3 is 2.43 bits per heavy atom. The normalized spacial score (nSPS) is 10.4. The van der Waals surface area contributed by atoms with Gasteiger partial charge in [0.2, 0.25) is 11.8 Å². The summed E-state index contributed by atoms with van der Waals surface area (Å²) in [5.74, 6) is 0.843. The molecule has 2 N–H and O–H groups in total. The monoisotopic (exact) mass is 424 g/mol. The highest BCUT2D eigenvalue weighted by atomic mass is 32.1. The van der Waals surface area contributed by atoms with Crippen molar-refractivity contribution < 1.29 is 19.1 Å². The quantitative estimate of drug-likeness (QED) is 0.536. The Morgan fingerprint density at radius 1 is 1.00 bits per heavy atom. The van der Waals surface area contributed by atoms with E-state index < -0.39 is 5.91 Å². The number of thiophene rings is 1. The fourth-order valence-electron chi connectivity index (χ4n) is 2.99. The average molecular weight is 425 g/mol. The number of carbonyl (C=O) groups excluding carboxylic acids is 2. The summed E-state index contributed by atoms with van der Waals surface area (Å²) in [6.45, 7) is 1.22. The lowest BCUT2D eigenvalue weighted by atomic mass is 10.1. The molecule has 3 rings (SSSR count). The molecule has 0 saturated carbocycles. The van der Waals surface area contributed by atoms with Gasteiger partial charge in [-0.2, -0.15) is 0 Å². The standard InChI is InChI=1S/C23H24N2O4S/c1-28-21-7-3-2-5-18(21)15-25(16-20-6-4-14-30-20)22(26)12-13-29-19-10-8-17(9-11-19)23(24)27/h2-11,14H,12-13,15-16H2,1H3,(H2,24,27). The molecule has 0 unspecified atom stereocenters. The Morgan fingerprint density at radius 2 is 1.77 bits per heavy atom. The molecule has 0 fully saturated rings. The van der Waals surface area contributed by atoms with Crippen molar-refractivity contribution in [2.24, 2.45) is 5.73 Å². The maximum atomic E-state index is 13.0. The van der Waals surface area contributed by atoms with Gasteiger partial charge in [0.15, 0.2) is 0 Å². The number of primary amides is 1. The summed E-state index contributed by atoms with van der Waals surface area (Å²) in [5, 5.41) is 2.00. The van der Waals surface area contributed by atoms with E-state index in [-0.39, 0.29) is 18.9 Å². The van der Waals surface area contributed by atoms with E-state index in [1.54, 1.807) is 42.7 Å². The molecule has 0 aliphatic heterocycles. The zero-order valence-electron chi connectivity index (χ0n) is 16.7. The molecule has 0 radical (unpaired) electrons. The summed E-state index contributed by atoms with van der Waals surface area (Å²) < 4.78 is 11.1. The van der Waals surface area contributed by atoms with E-state index in [4.69, 9.17) is 15.2 Å². The third-order valence-corrected chi connectivity index (χ3v) is 5.42. The van der Waals surface area contributed by atoms with E-state index in [2.05, 4.69) is 0 Å². The largest absolute Gasteiger partial charge is 0.496 e. The zero-order valence-corrected chi connectivity index (χ0v) is 17.6. The minimum Gasteiger partial charge on any atom is -0.496 e. The van der Waals surface area contributed by atoms with Gasteiger partial charge in [0.25, 0.3) is 0 Å². The second kappa shape index (κ2) is 10.5. The predicted molar refractivity (Wildman–Crippen MR) is 117 cm³/mol. The van der Waals surface area contributed by atoms with Gasteiger partial charge in [-0.25, -0.2) is 0 Å². The fourth-order valence-corrected chi connectivity index (χ4v) is 3.71. The number of benzene rings is 2. The van der Waals surface area contributed by atoms with Gasteiger partial charge in [-0.1, -0.05) is 24.3 Å². The summed E-state index contributed by atoms with van der Waals surface area (Å²) in [4.78, 5) is 27.0. The van der Waals surface area contributed by atoms with E-state index in [9.17, 15) is 9.59 Å². The summed E-state index contributed by atoms with van der Waals surface area (Å²) in [6.07, 6.45) is 0.234. The van der Waals surface area contributed by atoms with Crippen LogP contribution in [0.2, 0.25) is 0 Å². The van der Waals surface area contributed by atoms with Gasteiger partial charge in [-0.3, -0.25) is 9.59 Å². The molecule has 0 spiro atoms.